The largest absolute Gasteiger partial charge is 0.462 e. The first kappa shape index (κ1) is 62.8. The van der Waals surface area contributed by atoms with Crippen LogP contribution >= 0.6 is 0 Å². The van der Waals surface area contributed by atoms with E-state index in [9.17, 15) is 19.8 Å². The van der Waals surface area contributed by atoms with Crippen molar-refractivity contribution >= 4 is 11.9 Å². The Labute approximate surface area is 404 Å². The number of carbonyl (C=O) groups is 2. The Bertz CT molecular complexity index is 1110. The van der Waals surface area contributed by atoms with E-state index in [0.717, 1.165) is 83.5 Å². The minimum absolute atomic E-state index is 0.0674. The number of aliphatic hydroxyl groups excluding tert-OH is 2. The number of aliphatic hydroxyl groups is 2. The molecule has 0 aliphatic heterocycles. The summed E-state index contributed by atoms with van der Waals surface area (Å²) in [6.07, 6.45) is 64.6. The van der Waals surface area contributed by atoms with E-state index in [1.165, 1.54) is 161 Å². The van der Waals surface area contributed by atoms with Crippen LogP contribution in [0.4, 0.5) is 0 Å². The fraction of sp³-hybridized carbons (Fsp3) is 0.831. The molecule has 3 unspecified atom stereocenters. The van der Waals surface area contributed by atoms with Gasteiger partial charge in [-0.25, -0.2) is 0 Å². The number of unbranched alkanes of at least 4 members (excludes halogenated alkanes) is 33. The average molecular weight is 913 g/mol. The van der Waals surface area contributed by atoms with Crippen LogP contribution in [0.1, 0.15) is 290 Å². The van der Waals surface area contributed by atoms with Crippen LogP contribution in [-0.4, -0.2) is 46.9 Å². The number of hydrogen-bond donors (Lipinski definition) is 3. The van der Waals surface area contributed by atoms with Crippen LogP contribution < -0.4 is 5.32 Å². The Morgan fingerprint density at radius 1 is 0.462 bits per heavy atom. The number of ether oxygens (including phenoxy) is 1. The van der Waals surface area contributed by atoms with Crippen molar-refractivity contribution < 1.29 is 24.5 Å². The molecule has 0 saturated heterocycles. The van der Waals surface area contributed by atoms with Crippen LogP contribution in [0, 0.1) is 0 Å². The third-order valence-corrected chi connectivity index (χ3v) is 13.0. The van der Waals surface area contributed by atoms with Crippen molar-refractivity contribution in [1.29, 1.82) is 0 Å². The summed E-state index contributed by atoms with van der Waals surface area (Å²) < 4.78 is 5.94. The molecule has 0 fully saturated rings. The molecule has 0 radical (unpaired) electrons. The lowest BCUT2D eigenvalue weighted by Gasteiger charge is -2.24. The molecule has 1 amide bonds. The zero-order valence-corrected chi connectivity index (χ0v) is 43.4. The summed E-state index contributed by atoms with van der Waals surface area (Å²) in [6, 6.07) is -0.707. The van der Waals surface area contributed by atoms with E-state index in [2.05, 4.69) is 74.7 Å². The molecule has 0 heterocycles. The van der Waals surface area contributed by atoms with Crippen molar-refractivity contribution in [1.82, 2.24) is 5.32 Å². The van der Waals surface area contributed by atoms with Gasteiger partial charge in [0.05, 0.1) is 25.2 Å². The monoisotopic (exact) mass is 912 g/mol. The Balaban J connectivity index is 4.56. The lowest BCUT2D eigenvalue weighted by molar-refractivity contribution is -0.151. The first-order valence-electron chi connectivity index (χ1n) is 28.4. The fourth-order valence-corrected chi connectivity index (χ4v) is 8.66. The SMILES string of the molecule is CC/C=C/C=C/C=C\CCCCCCCC(=O)OC(CCCCCCCCC/C=C/CCCCCCCC)CC(=O)NC(CO)C(O)CCCCCCCCCCCCCCCCCC. The molecule has 0 aromatic carbocycles. The molecule has 0 bridgehead atoms. The van der Waals surface area contributed by atoms with Crippen LogP contribution in [0.3, 0.4) is 0 Å². The Morgan fingerprint density at radius 3 is 1.29 bits per heavy atom. The summed E-state index contributed by atoms with van der Waals surface area (Å²) >= 11 is 0. The van der Waals surface area contributed by atoms with Gasteiger partial charge in [0.2, 0.25) is 5.91 Å². The summed E-state index contributed by atoms with van der Waals surface area (Å²) in [7, 11) is 0. The van der Waals surface area contributed by atoms with Gasteiger partial charge in [0, 0.05) is 6.42 Å². The van der Waals surface area contributed by atoms with Gasteiger partial charge in [0.25, 0.3) is 0 Å². The molecule has 0 aromatic heterocycles. The molecular formula is C59H109NO5. The highest BCUT2D eigenvalue weighted by Gasteiger charge is 2.24. The third-order valence-electron chi connectivity index (χ3n) is 13.0. The number of rotatable bonds is 51. The maximum absolute atomic E-state index is 13.3. The van der Waals surface area contributed by atoms with Crippen molar-refractivity contribution in [2.75, 3.05) is 6.61 Å². The molecule has 0 spiro atoms. The molecule has 65 heavy (non-hydrogen) atoms. The van der Waals surface area contributed by atoms with Crippen LogP contribution in [0.5, 0.6) is 0 Å². The van der Waals surface area contributed by atoms with Crippen molar-refractivity contribution in [2.24, 2.45) is 0 Å². The van der Waals surface area contributed by atoms with Gasteiger partial charge in [-0.1, -0.05) is 256 Å². The van der Waals surface area contributed by atoms with Crippen LogP contribution in [-0.2, 0) is 14.3 Å². The molecule has 0 saturated carbocycles. The van der Waals surface area contributed by atoms with Gasteiger partial charge in [0.1, 0.15) is 6.10 Å². The highest BCUT2D eigenvalue weighted by Crippen LogP contribution is 2.18. The minimum Gasteiger partial charge on any atom is -0.462 e. The van der Waals surface area contributed by atoms with Gasteiger partial charge >= 0.3 is 5.97 Å². The van der Waals surface area contributed by atoms with Gasteiger partial charge in [-0.05, 0) is 70.6 Å². The Kier molecular flexibility index (Phi) is 51.0. The summed E-state index contributed by atoms with van der Waals surface area (Å²) in [4.78, 5) is 26.2. The van der Waals surface area contributed by atoms with E-state index in [0.29, 0.717) is 19.3 Å². The average Bonchev–Trinajstić information content (AvgIpc) is 3.30. The van der Waals surface area contributed by atoms with E-state index in [1.54, 1.807) is 0 Å². The predicted molar refractivity (Wildman–Crippen MR) is 282 cm³/mol. The first-order valence-corrected chi connectivity index (χ1v) is 28.4. The van der Waals surface area contributed by atoms with Gasteiger partial charge in [-0.2, -0.15) is 0 Å². The van der Waals surface area contributed by atoms with E-state index in [4.69, 9.17) is 4.74 Å². The van der Waals surface area contributed by atoms with E-state index >= 15 is 0 Å². The molecule has 6 heteroatoms. The van der Waals surface area contributed by atoms with E-state index < -0.39 is 18.2 Å². The van der Waals surface area contributed by atoms with E-state index in [1.807, 2.05) is 0 Å². The quantitative estimate of drug-likeness (QED) is 0.0245. The number of amides is 1. The van der Waals surface area contributed by atoms with E-state index in [-0.39, 0.29) is 24.9 Å². The number of esters is 1. The molecular weight excluding hydrogens is 803 g/mol. The molecule has 0 aliphatic carbocycles. The normalized spacial score (nSPS) is 13.5. The van der Waals surface area contributed by atoms with Gasteiger partial charge in [-0.3, -0.25) is 9.59 Å². The van der Waals surface area contributed by atoms with Gasteiger partial charge < -0.3 is 20.3 Å². The van der Waals surface area contributed by atoms with Crippen LogP contribution in [0.25, 0.3) is 0 Å². The molecule has 0 rings (SSSR count). The smallest absolute Gasteiger partial charge is 0.306 e. The second kappa shape index (κ2) is 52.8. The highest BCUT2D eigenvalue weighted by molar-refractivity contribution is 5.77. The fourth-order valence-electron chi connectivity index (χ4n) is 8.66. The first-order chi connectivity index (χ1) is 32.0. The third kappa shape index (κ3) is 48.1. The molecule has 3 atom stereocenters. The summed E-state index contributed by atoms with van der Waals surface area (Å²) in [5.74, 6) is -0.492. The minimum atomic E-state index is -0.793. The van der Waals surface area contributed by atoms with Gasteiger partial charge in [0.15, 0.2) is 0 Å². The molecule has 0 aromatic rings. The zero-order chi connectivity index (χ0) is 47.4. The Morgan fingerprint density at radius 2 is 0.846 bits per heavy atom. The molecule has 380 valence electrons. The summed E-state index contributed by atoms with van der Waals surface area (Å²) in [6.45, 7) is 6.37. The maximum Gasteiger partial charge on any atom is 0.306 e. The Hall–Kier alpha value is -2.18. The topological polar surface area (TPSA) is 95.9 Å². The number of allylic oxidation sites excluding steroid dienone is 8. The predicted octanol–water partition coefficient (Wildman–Crippen LogP) is 17.4. The zero-order valence-electron chi connectivity index (χ0n) is 43.4. The highest BCUT2D eigenvalue weighted by atomic mass is 16.5. The van der Waals surface area contributed by atoms with Crippen molar-refractivity contribution in [3.05, 3.63) is 48.6 Å². The number of nitrogens with one attached hydrogen (secondary N) is 1. The lowest BCUT2D eigenvalue weighted by atomic mass is 10.0. The molecule has 0 aliphatic rings. The van der Waals surface area contributed by atoms with Crippen molar-refractivity contribution in [3.63, 3.8) is 0 Å². The van der Waals surface area contributed by atoms with Crippen LogP contribution in [0.2, 0.25) is 0 Å². The number of hydrogen-bond acceptors (Lipinski definition) is 5. The standard InChI is InChI=1S/C59H109NO5/c1-4-7-10-13-16-19-22-25-27-29-30-33-35-38-41-44-47-50-55(65-59(64)52-49-46-43-40-37-32-24-21-18-15-12-9-6-3)53-58(63)60-56(54-61)57(62)51-48-45-42-39-36-34-31-28-26-23-20-17-14-11-8-5-2/h9,12,15,18,21,24-25,27,55-57,61-62H,4-8,10-11,13-14,16-17,19-20,22-23,26,28-54H2,1-3H3,(H,60,63)/b12-9+,18-15+,24-21-,27-25+. The van der Waals surface area contributed by atoms with Crippen molar-refractivity contribution in [2.45, 2.75) is 309 Å². The van der Waals surface area contributed by atoms with Gasteiger partial charge in [-0.15, -0.1) is 0 Å². The summed E-state index contributed by atoms with van der Waals surface area (Å²) in [5.41, 5.74) is 0. The maximum atomic E-state index is 13.3. The summed E-state index contributed by atoms with van der Waals surface area (Å²) in [5, 5.41) is 23.9. The second-order valence-corrected chi connectivity index (χ2v) is 19.4. The second-order valence-electron chi connectivity index (χ2n) is 19.4. The lowest BCUT2D eigenvalue weighted by Crippen LogP contribution is -2.46. The number of carbonyl (C=O) groups excluding carboxylic acids is 2. The van der Waals surface area contributed by atoms with Crippen LogP contribution in [0.15, 0.2) is 48.6 Å². The molecule has 3 N–H and O–H groups in total. The molecule has 6 nitrogen and oxygen atoms in total. The van der Waals surface area contributed by atoms with Crippen molar-refractivity contribution in [3.8, 4) is 0 Å².